The second-order valence-electron chi connectivity index (χ2n) is 8.04. The fourth-order valence-corrected chi connectivity index (χ4v) is 6.59. The Kier molecular flexibility index (Phi) is 6.15. The molecule has 1 amide bonds. The van der Waals surface area contributed by atoms with Gasteiger partial charge in [-0.15, -0.1) is 10.8 Å². The van der Waals surface area contributed by atoms with Crippen LogP contribution < -0.4 is 4.90 Å². The number of carboxylic acid groups (broad SMARTS) is 1. The molecule has 1 aromatic rings. The van der Waals surface area contributed by atoms with E-state index in [4.69, 9.17) is 16.7 Å². The van der Waals surface area contributed by atoms with Crippen molar-refractivity contribution in [1.29, 1.82) is 0 Å². The van der Waals surface area contributed by atoms with Gasteiger partial charge in [0.15, 0.2) is 0 Å². The van der Waals surface area contributed by atoms with Gasteiger partial charge in [0, 0.05) is 69.1 Å². The molecule has 1 atom stereocenters. The van der Waals surface area contributed by atoms with Crippen LogP contribution in [-0.4, -0.2) is 92.0 Å². The van der Waals surface area contributed by atoms with Gasteiger partial charge in [-0.1, -0.05) is 17.7 Å². The number of hydrogen-bond acceptors (Lipinski definition) is 6. The quantitative estimate of drug-likeness (QED) is 0.657. The number of amides is 1. The molecule has 4 rings (SSSR count). The van der Waals surface area contributed by atoms with Crippen LogP contribution in [0.2, 0.25) is 5.02 Å². The molecule has 29 heavy (non-hydrogen) atoms. The van der Waals surface area contributed by atoms with E-state index in [0.29, 0.717) is 37.0 Å². The molecule has 0 aliphatic carbocycles. The second-order valence-corrected chi connectivity index (χ2v) is 10.6. The van der Waals surface area contributed by atoms with E-state index in [-0.39, 0.29) is 6.04 Å². The first-order chi connectivity index (χ1) is 13.8. The molecule has 8 nitrogen and oxygen atoms in total. The van der Waals surface area contributed by atoms with E-state index < -0.39 is 16.9 Å². The molecule has 0 bridgehead atoms. The third-order valence-corrected chi connectivity index (χ3v) is 8.47. The average Bonchev–Trinajstić information content (AvgIpc) is 3.29. The van der Waals surface area contributed by atoms with Crippen molar-refractivity contribution in [2.75, 3.05) is 56.5 Å². The summed E-state index contributed by atoms with van der Waals surface area (Å²) in [6.07, 6.45) is 0.885. The maximum absolute atomic E-state index is 11.1. The molecule has 3 aliphatic heterocycles. The Morgan fingerprint density at radius 1 is 1.14 bits per heavy atom. The molecule has 3 saturated heterocycles. The average molecular weight is 445 g/mol. The van der Waals surface area contributed by atoms with E-state index in [1.165, 1.54) is 10.5 Å². The number of carbonyl (C=O) groups is 1. The maximum Gasteiger partial charge on any atom is 0.407 e. The molecular weight excluding hydrogens is 416 g/mol. The van der Waals surface area contributed by atoms with E-state index >= 15 is 0 Å². The molecular formula is C19H29ClN4O4S. The van der Waals surface area contributed by atoms with Crippen molar-refractivity contribution < 1.29 is 19.0 Å². The Morgan fingerprint density at radius 3 is 2.55 bits per heavy atom. The lowest BCUT2D eigenvalue weighted by atomic mass is 10.1. The molecule has 3 aliphatic rings. The van der Waals surface area contributed by atoms with Crippen LogP contribution in [0.1, 0.15) is 18.4 Å². The molecule has 3 N–H and O–H groups in total. The van der Waals surface area contributed by atoms with Crippen LogP contribution >= 0.6 is 22.4 Å². The molecule has 0 radical (unpaired) electrons. The molecule has 3 fully saturated rings. The number of hydrogen-bond donors (Lipinski definition) is 3. The third kappa shape index (κ3) is 4.60. The highest BCUT2D eigenvalue weighted by molar-refractivity contribution is 8.22. The molecule has 0 aromatic heterocycles. The Labute approximate surface area is 178 Å². The van der Waals surface area contributed by atoms with Gasteiger partial charge in [-0.3, -0.25) is 14.0 Å². The molecule has 162 valence electrons. The first-order valence-corrected chi connectivity index (χ1v) is 12.1. The zero-order valence-electron chi connectivity index (χ0n) is 16.4. The number of nitrogens with zero attached hydrogens (tertiary/aromatic N) is 4. The van der Waals surface area contributed by atoms with Crippen LogP contribution in [0.15, 0.2) is 18.2 Å². The van der Waals surface area contributed by atoms with Gasteiger partial charge in [-0.25, -0.2) is 9.10 Å². The Hall–Kier alpha value is -1.23. The lowest BCUT2D eigenvalue weighted by molar-refractivity contribution is 0.103. The van der Waals surface area contributed by atoms with Gasteiger partial charge in [-0.2, -0.15) is 0 Å². The SMILES string of the molecule is O=C(O)N1CCN(Cc2ccc(Cl)cc2N2CCC(N3CCCS3(O)O)C2)CC1. The lowest BCUT2D eigenvalue weighted by Gasteiger charge is -2.40. The topological polar surface area (TPSA) is 90.7 Å². The molecule has 0 spiro atoms. The van der Waals surface area contributed by atoms with Gasteiger partial charge in [0.25, 0.3) is 0 Å². The van der Waals surface area contributed by atoms with E-state index in [2.05, 4.69) is 15.9 Å². The standard InChI is InChI=1S/C19H29ClN4O4S/c20-16-3-2-15(13-21-7-9-22(10-8-21)19(25)26)18(12-16)23-6-4-17(14-23)24-5-1-11-29(24,27)28/h2-3,12,17,27-28H,1,4-11,13-14H2,(H,25,26). The number of benzene rings is 1. The first kappa shape index (κ1) is 21.0. The second kappa shape index (κ2) is 8.49. The summed E-state index contributed by atoms with van der Waals surface area (Å²) in [5.41, 5.74) is 2.27. The Morgan fingerprint density at radius 2 is 1.90 bits per heavy atom. The third-order valence-electron chi connectivity index (χ3n) is 6.17. The Balaban J connectivity index is 1.44. The van der Waals surface area contributed by atoms with Gasteiger partial charge in [0.2, 0.25) is 0 Å². The van der Waals surface area contributed by atoms with E-state index in [0.717, 1.165) is 44.7 Å². The van der Waals surface area contributed by atoms with Gasteiger partial charge in [0.1, 0.15) is 0 Å². The predicted molar refractivity (Wildman–Crippen MR) is 116 cm³/mol. The van der Waals surface area contributed by atoms with Crippen molar-refractivity contribution in [1.82, 2.24) is 14.1 Å². The van der Waals surface area contributed by atoms with Crippen molar-refractivity contribution in [3.05, 3.63) is 28.8 Å². The smallest absolute Gasteiger partial charge is 0.407 e. The van der Waals surface area contributed by atoms with Crippen molar-refractivity contribution >= 4 is 34.2 Å². The van der Waals surface area contributed by atoms with E-state index in [9.17, 15) is 13.9 Å². The highest BCUT2D eigenvalue weighted by atomic mass is 35.5. The maximum atomic E-state index is 11.1. The fraction of sp³-hybridized carbons (Fsp3) is 0.632. The minimum atomic E-state index is -2.61. The summed E-state index contributed by atoms with van der Waals surface area (Å²) < 4.78 is 22.5. The van der Waals surface area contributed by atoms with Gasteiger partial charge >= 0.3 is 6.09 Å². The number of anilines is 1. The summed E-state index contributed by atoms with van der Waals surface area (Å²) in [6, 6.07) is 6.10. The van der Waals surface area contributed by atoms with E-state index in [1.807, 2.05) is 16.4 Å². The monoisotopic (exact) mass is 444 g/mol. The summed E-state index contributed by atoms with van der Waals surface area (Å²) in [6.45, 7) is 5.59. The number of halogens is 1. The molecule has 0 saturated carbocycles. The number of rotatable bonds is 4. The van der Waals surface area contributed by atoms with Gasteiger partial charge in [-0.05, 0) is 30.5 Å². The molecule has 3 heterocycles. The molecule has 1 aromatic carbocycles. The summed E-state index contributed by atoms with van der Waals surface area (Å²) in [5, 5.41) is 9.82. The van der Waals surface area contributed by atoms with E-state index in [1.54, 1.807) is 0 Å². The van der Waals surface area contributed by atoms with Crippen molar-refractivity contribution in [3.63, 3.8) is 0 Å². The van der Waals surface area contributed by atoms with Crippen LogP contribution in [0, 0.1) is 0 Å². The Bertz CT molecular complexity index is 760. The summed E-state index contributed by atoms with van der Waals surface area (Å²) in [7, 11) is -2.61. The fourth-order valence-electron chi connectivity index (χ4n) is 4.60. The zero-order chi connectivity index (χ0) is 20.6. The van der Waals surface area contributed by atoms with Crippen molar-refractivity contribution in [2.24, 2.45) is 0 Å². The number of piperazine rings is 1. The van der Waals surface area contributed by atoms with Gasteiger partial charge in [0.05, 0.1) is 5.75 Å². The highest BCUT2D eigenvalue weighted by Crippen LogP contribution is 2.51. The largest absolute Gasteiger partial charge is 0.465 e. The summed E-state index contributed by atoms with van der Waals surface area (Å²) in [5.74, 6) is 0.480. The zero-order valence-corrected chi connectivity index (χ0v) is 18.0. The van der Waals surface area contributed by atoms with Crippen LogP contribution in [0.25, 0.3) is 0 Å². The molecule has 10 heteroatoms. The van der Waals surface area contributed by atoms with Crippen LogP contribution in [-0.2, 0) is 6.54 Å². The van der Waals surface area contributed by atoms with Crippen LogP contribution in [0.3, 0.4) is 0 Å². The van der Waals surface area contributed by atoms with Crippen molar-refractivity contribution in [3.8, 4) is 0 Å². The summed E-state index contributed by atoms with van der Waals surface area (Å²) in [4.78, 5) is 17.1. The van der Waals surface area contributed by atoms with Crippen LogP contribution in [0.4, 0.5) is 10.5 Å². The van der Waals surface area contributed by atoms with Crippen molar-refractivity contribution in [2.45, 2.75) is 25.4 Å². The predicted octanol–water partition coefficient (Wildman–Crippen LogP) is 3.09. The minimum Gasteiger partial charge on any atom is -0.465 e. The van der Waals surface area contributed by atoms with Crippen LogP contribution in [0.5, 0.6) is 0 Å². The minimum absolute atomic E-state index is 0.147. The lowest BCUT2D eigenvalue weighted by Crippen LogP contribution is -2.47. The molecule has 1 unspecified atom stereocenters. The van der Waals surface area contributed by atoms with Gasteiger partial charge < -0.3 is 14.9 Å². The highest BCUT2D eigenvalue weighted by Gasteiger charge is 2.38. The first-order valence-electron chi connectivity index (χ1n) is 10.1. The summed E-state index contributed by atoms with van der Waals surface area (Å²) >= 11 is 6.30. The normalized spacial score (nSPS) is 26.8.